The van der Waals surface area contributed by atoms with E-state index in [2.05, 4.69) is 5.10 Å². The number of fused-ring (bicyclic) bond motifs is 2. The number of amides is 1. The summed E-state index contributed by atoms with van der Waals surface area (Å²) in [5.74, 6) is 0.739. The number of aryl methyl sites for hydroxylation is 1. The van der Waals surface area contributed by atoms with E-state index < -0.39 is 5.97 Å². The Hall–Kier alpha value is -3.81. The molecule has 5 rings (SSSR count). The maximum Gasteiger partial charge on any atom is 0.303 e. The first kappa shape index (κ1) is 20.1. The Kier molecular flexibility index (Phi) is 5.26. The average molecular weight is 433 g/mol. The van der Waals surface area contributed by atoms with Gasteiger partial charge in [-0.05, 0) is 34.9 Å². The smallest absolute Gasteiger partial charge is 0.303 e. The van der Waals surface area contributed by atoms with Crippen molar-refractivity contribution < 1.29 is 24.2 Å². The van der Waals surface area contributed by atoms with Gasteiger partial charge in [0.1, 0.15) is 0 Å². The minimum Gasteiger partial charge on any atom is -0.481 e. The molecule has 0 aliphatic carbocycles. The quantitative estimate of drug-likeness (QED) is 0.643. The Bertz CT molecular complexity index is 1170. The molecule has 164 valence electrons. The standard InChI is InChI=1S/C24H23N3O5/c28-23(26-9-10-27-20(14-26)13-19(25-27)6-8-24(29)30)11-16-1-3-17(4-2-16)18-5-7-21-22(12-18)32-15-31-21/h1-5,7,12-13H,6,8-11,14-15H2,(H,29,30). The molecule has 8 heteroatoms. The third kappa shape index (κ3) is 4.16. The molecule has 2 aromatic carbocycles. The lowest BCUT2D eigenvalue weighted by Gasteiger charge is -2.27. The summed E-state index contributed by atoms with van der Waals surface area (Å²) in [6.07, 6.45) is 0.793. The van der Waals surface area contributed by atoms with Gasteiger partial charge < -0.3 is 19.5 Å². The van der Waals surface area contributed by atoms with Crippen molar-refractivity contribution in [3.63, 3.8) is 0 Å². The number of aromatic nitrogens is 2. The molecule has 8 nitrogen and oxygen atoms in total. The number of hydrogen-bond acceptors (Lipinski definition) is 5. The Morgan fingerprint density at radius 3 is 2.56 bits per heavy atom. The topological polar surface area (TPSA) is 93.9 Å². The predicted octanol–water partition coefficient (Wildman–Crippen LogP) is 2.88. The Labute approximate surface area is 185 Å². The van der Waals surface area contributed by atoms with Gasteiger partial charge in [-0.15, -0.1) is 0 Å². The van der Waals surface area contributed by atoms with Crippen molar-refractivity contribution >= 4 is 11.9 Å². The number of carboxylic acid groups (broad SMARTS) is 1. The minimum atomic E-state index is -0.836. The van der Waals surface area contributed by atoms with Crippen molar-refractivity contribution in [1.82, 2.24) is 14.7 Å². The van der Waals surface area contributed by atoms with Crippen LogP contribution in [0.1, 0.15) is 23.4 Å². The molecule has 1 aromatic heterocycles. The van der Waals surface area contributed by atoms with E-state index >= 15 is 0 Å². The maximum atomic E-state index is 12.9. The van der Waals surface area contributed by atoms with E-state index in [9.17, 15) is 9.59 Å². The SMILES string of the molecule is O=C(O)CCc1cc2n(n1)CCN(C(=O)Cc1ccc(-c3ccc4c(c3)OCO4)cc1)C2. The summed E-state index contributed by atoms with van der Waals surface area (Å²) < 4.78 is 12.7. The number of ether oxygens (including phenoxy) is 2. The molecule has 0 unspecified atom stereocenters. The highest BCUT2D eigenvalue weighted by Crippen LogP contribution is 2.35. The second kappa shape index (κ2) is 8.37. The van der Waals surface area contributed by atoms with Crippen molar-refractivity contribution in [2.24, 2.45) is 0 Å². The molecule has 1 amide bonds. The van der Waals surface area contributed by atoms with Crippen LogP contribution in [0, 0.1) is 0 Å². The molecule has 1 N–H and O–H groups in total. The number of carboxylic acids is 1. The van der Waals surface area contributed by atoms with Crippen molar-refractivity contribution in [1.29, 1.82) is 0 Å². The molecule has 0 atom stereocenters. The fourth-order valence-electron chi connectivity index (χ4n) is 4.07. The number of hydrogen-bond donors (Lipinski definition) is 1. The van der Waals surface area contributed by atoms with Crippen LogP contribution < -0.4 is 9.47 Å². The van der Waals surface area contributed by atoms with Gasteiger partial charge in [0.25, 0.3) is 0 Å². The summed E-state index contributed by atoms with van der Waals surface area (Å²) in [6, 6.07) is 15.8. The number of nitrogens with zero attached hydrogens (tertiary/aromatic N) is 3. The fourth-order valence-corrected chi connectivity index (χ4v) is 4.07. The van der Waals surface area contributed by atoms with E-state index in [1.807, 2.05) is 58.1 Å². The number of aliphatic carboxylic acids is 1. The molecule has 3 aromatic rings. The van der Waals surface area contributed by atoms with Gasteiger partial charge in [0, 0.05) is 13.0 Å². The highest BCUT2D eigenvalue weighted by atomic mass is 16.7. The minimum absolute atomic E-state index is 0.0569. The zero-order valence-corrected chi connectivity index (χ0v) is 17.5. The van der Waals surface area contributed by atoms with Crippen molar-refractivity contribution in [2.75, 3.05) is 13.3 Å². The molecule has 32 heavy (non-hydrogen) atoms. The Morgan fingerprint density at radius 2 is 1.75 bits per heavy atom. The number of carbonyl (C=O) groups is 2. The van der Waals surface area contributed by atoms with E-state index in [0.29, 0.717) is 32.5 Å². The lowest BCUT2D eigenvalue weighted by molar-refractivity contribution is -0.137. The van der Waals surface area contributed by atoms with Crippen LogP contribution in [0.15, 0.2) is 48.5 Å². The van der Waals surface area contributed by atoms with Crippen LogP contribution in [-0.4, -0.2) is 45.0 Å². The molecule has 0 bridgehead atoms. The Morgan fingerprint density at radius 1 is 0.969 bits per heavy atom. The average Bonchev–Trinajstić information content (AvgIpc) is 3.43. The van der Waals surface area contributed by atoms with E-state index in [1.165, 1.54) is 0 Å². The first-order valence-corrected chi connectivity index (χ1v) is 10.6. The van der Waals surface area contributed by atoms with Crippen LogP contribution in [0.5, 0.6) is 11.5 Å². The van der Waals surface area contributed by atoms with Gasteiger partial charge in [-0.3, -0.25) is 14.3 Å². The van der Waals surface area contributed by atoms with Crippen LogP contribution in [0.4, 0.5) is 0 Å². The second-order valence-corrected chi connectivity index (χ2v) is 8.00. The third-order valence-electron chi connectivity index (χ3n) is 5.81. The molecule has 2 aliphatic rings. The summed E-state index contributed by atoms with van der Waals surface area (Å²) in [7, 11) is 0. The van der Waals surface area contributed by atoms with Crippen molar-refractivity contribution in [3.05, 3.63) is 65.5 Å². The molecule has 3 heterocycles. The van der Waals surface area contributed by atoms with Crippen LogP contribution in [0.3, 0.4) is 0 Å². The van der Waals surface area contributed by atoms with Gasteiger partial charge in [0.2, 0.25) is 12.7 Å². The van der Waals surface area contributed by atoms with Gasteiger partial charge in [0.05, 0.1) is 37.3 Å². The van der Waals surface area contributed by atoms with Crippen LogP contribution in [0.2, 0.25) is 0 Å². The predicted molar refractivity (Wildman–Crippen MR) is 115 cm³/mol. The largest absolute Gasteiger partial charge is 0.481 e. The number of rotatable bonds is 6. The van der Waals surface area contributed by atoms with E-state index in [4.69, 9.17) is 14.6 Å². The lowest BCUT2D eigenvalue weighted by Crippen LogP contribution is -2.39. The summed E-state index contributed by atoms with van der Waals surface area (Å²) >= 11 is 0. The molecular weight excluding hydrogens is 410 g/mol. The summed E-state index contributed by atoms with van der Waals surface area (Å²) in [4.78, 5) is 25.5. The zero-order valence-electron chi connectivity index (χ0n) is 17.5. The normalized spacial score (nSPS) is 14.3. The third-order valence-corrected chi connectivity index (χ3v) is 5.81. The Balaban J connectivity index is 1.21. The highest BCUT2D eigenvalue weighted by Gasteiger charge is 2.22. The van der Waals surface area contributed by atoms with E-state index in [0.717, 1.165) is 39.6 Å². The van der Waals surface area contributed by atoms with Crippen molar-refractivity contribution in [3.8, 4) is 22.6 Å². The van der Waals surface area contributed by atoms with Crippen LogP contribution >= 0.6 is 0 Å². The van der Waals surface area contributed by atoms with Gasteiger partial charge in [0.15, 0.2) is 11.5 Å². The molecule has 0 saturated heterocycles. The maximum absolute atomic E-state index is 12.9. The summed E-state index contributed by atoms with van der Waals surface area (Å²) in [5.41, 5.74) is 4.75. The van der Waals surface area contributed by atoms with E-state index in [1.54, 1.807) is 0 Å². The molecule has 0 spiro atoms. The number of benzene rings is 2. The molecule has 0 radical (unpaired) electrons. The highest BCUT2D eigenvalue weighted by molar-refractivity contribution is 5.79. The first-order chi connectivity index (χ1) is 15.5. The number of carbonyl (C=O) groups excluding carboxylic acids is 1. The molecular formula is C24H23N3O5. The lowest BCUT2D eigenvalue weighted by atomic mass is 10.0. The van der Waals surface area contributed by atoms with Gasteiger partial charge in [-0.2, -0.15) is 5.10 Å². The van der Waals surface area contributed by atoms with Gasteiger partial charge in [-0.1, -0.05) is 30.3 Å². The van der Waals surface area contributed by atoms with Gasteiger partial charge >= 0.3 is 5.97 Å². The monoisotopic (exact) mass is 433 g/mol. The fraction of sp³-hybridized carbons (Fsp3) is 0.292. The second-order valence-electron chi connectivity index (χ2n) is 8.00. The first-order valence-electron chi connectivity index (χ1n) is 10.6. The van der Waals surface area contributed by atoms with Gasteiger partial charge in [-0.25, -0.2) is 0 Å². The van der Waals surface area contributed by atoms with Crippen molar-refractivity contribution in [2.45, 2.75) is 32.4 Å². The molecule has 0 fully saturated rings. The zero-order chi connectivity index (χ0) is 22.1. The van der Waals surface area contributed by atoms with Crippen LogP contribution in [0.25, 0.3) is 11.1 Å². The molecule has 2 aliphatic heterocycles. The van der Waals surface area contributed by atoms with Crippen LogP contribution in [-0.2, 0) is 35.5 Å². The van der Waals surface area contributed by atoms with E-state index in [-0.39, 0.29) is 19.1 Å². The molecule has 0 saturated carbocycles. The summed E-state index contributed by atoms with van der Waals surface area (Å²) in [6.45, 7) is 1.97. The summed E-state index contributed by atoms with van der Waals surface area (Å²) in [5, 5.41) is 13.3.